The second kappa shape index (κ2) is 9.38. The Bertz CT molecular complexity index is 1450. The summed E-state index contributed by atoms with van der Waals surface area (Å²) >= 11 is 0. The third kappa shape index (κ3) is 4.61. The molecule has 0 bridgehead atoms. The van der Waals surface area contributed by atoms with Crippen LogP contribution in [0.1, 0.15) is 21.5 Å². The Labute approximate surface area is 202 Å². The number of hydrogen-bond donors (Lipinski definition) is 0. The number of Topliss-reactive ketones (excluding diaryl/α,β-unsaturated/α-hetero) is 1. The molecule has 3 aromatic carbocycles. The Morgan fingerprint density at radius 3 is 2.63 bits per heavy atom. The highest BCUT2D eigenvalue weighted by Crippen LogP contribution is 2.36. The lowest BCUT2D eigenvalue weighted by Crippen LogP contribution is -2.14. The molecule has 0 atom stereocenters. The first-order valence-electron chi connectivity index (χ1n) is 11.1. The van der Waals surface area contributed by atoms with Gasteiger partial charge >= 0.3 is 5.97 Å². The van der Waals surface area contributed by atoms with E-state index in [1.165, 1.54) is 0 Å². The first-order valence-corrected chi connectivity index (χ1v) is 11.1. The second-order valence-corrected chi connectivity index (χ2v) is 8.11. The molecular weight excluding hydrogens is 446 g/mol. The Morgan fingerprint density at radius 2 is 1.83 bits per heavy atom. The number of allylic oxidation sites excluding steroid dienone is 1. The fraction of sp³-hybridized carbons (Fsp3) is 0.143. The van der Waals surface area contributed by atoms with E-state index in [0.29, 0.717) is 17.1 Å². The molecule has 5 rings (SSSR count). The summed E-state index contributed by atoms with van der Waals surface area (Å²) in [6.07, 6.45) is 3.66. The molecule has 176 valence electrons. The standard InChI is InChI=1S/C28H23NO6/c1-29-15-19(23-13-20(32-2)9-11-24(23)29)12-26-28(31)22-10-8-21(14-25(22)35-26)33-17-27(30)34-16-18-6-4-3-5-7-18/h3-15H,16-17H2,1-2H3. The second-order valence-electron chi connectivity index (χ2n) is 8.11. The molecule has 0 amide bonds. The quantitative estimate of drug-likeness (QED) is 0.282. The van der Waals surface area contributed by atoms with Gasteiger partial charge in [0.2, 0.25) is 5.78 Å². The highest BCUT2D eigenvalue weighted by atomic mass is 16.6. The van der Waals surface area contributed by atoms with Gasteiger partial charge in [0.05, 0.1) is 12.7 Å². The van der Waals surface area contributed by atoms with Crippen molar-refractivity contribution in [3.05, 3.63) is 95.4 Å². The van der Waals surface area contributed by atoms with Crippen LogP contribution in [0.3, 0.4) is 0 Å². The zero-order valence-corrected chi connectivity index (χ0v) is 19.3. The molecule has 1 aromatic heterocycles. The molecule has 2 heterocycles. The first-order chi connectivity index (χ1) is 17.0. The molecule has 0 unspecified atom stereocenters. The maximum atomic E-state index is 12.9. The van der Waals surface area contributed by atoms with E-state index in [1.54, 1.807) is 31.4 Å². The molecule has 35 heavy (non-hydrogen) atoms. The summed E-state index contributed by atoms with van der Waals surface area (Å²) < 4.78 is 24.0. The molecule has 7 nitrogen and oxygen atoms in total. The van der Waals surface area contributed by atoms with Crippen molar-refractivity contribution in [2.24, 2.45) is 7.05 Å². The molecule has 0 saturated heterocycles. The largest absolute Gasteiger partial charge is 0.497 e. The minimum absolute atomic E-state index is 0.180. The fourth-order valence-corrected chi connectivity index (χ4v) is 3.96. The van der Waals surface area contributed by atoms with Crippen LogP contribution in [0.15, 0.2) is 78.7 Å². The van der Waals surface area contributed by atoms with E-state index in [-0.39, 0.29) is 24.8 Å². The zero-order valence-electron chi connectivity index (χ0n) is 19.3. The van der Waals surface area contributed by atoms with Crippen molar-refractivity contribution in [1.82, 2.24) is 4.57 Å². The van der Waals surface area contributed by atoms with Gasteiger partial charge in [0, 0.05) is 35.8 Å². The zero-order chi connectivity index (χ0) is 24.4. The monoisotopic (exact) mass is 469 g/mol. The van der Waals surface area contributed by atoms with E-state index in [1.807, 2.05) is 66.3 Å². The van der Waals surface area contributed by atoms with Gasteiger partial charge in [-0.15, -0.1) is 0 Å². The first kappa shape index (κ1) is 22.3. The van der Waals surface area contributed by atoms with Gasteiger partial charge in [0.15, 0.2) is 12.4 Å². The van der Waals surface area contributed by atoms with Crippen LogP contribution in [0.25, 0.3) is 17.0 Å². The number of nitrogens with zero attached hydrogens (tertiary/aromatic N) is 1. The highest BCUT2D eigenvalue weighted by molar-refractivity contribution is 6.15. The van der Waals surface area contributed by atoms with Crippen molar-refractivity contribution in [2.75, 3.05) is 13.7 Å². The van der Waals surface area contributed by atoms with Crippen molar-refractivity contribution in [3.63, 3.8) is 0 Å². The topological polar surface area (TPSA) is 76.0 Å². The van der Waals surface area contributed by atoms with Crippen LogP contribution in [-0.2, 0) is 23.2 Å². The number of benzene rings is 3. The van der Waals surface area contributed by atoms with Crippen LogP contribution in [0.4, 0.5) is 0 Å². The molecule has 0 fully saturated rings. The molecule has 0 spiro atoms. The summed E-state index contributed by atoms with van der Waals surface area (Å²) in [7, 11) is 3.56. The number of carbonyl (C=O) groups excluding carboxylic acids is 2. The molecular formula is C28H23NO6. The molecule has 0 saturated carbocycles. The summed E-state index contributed by atoms with van der Waals surface area (Å²) in [5, 5.41) is 0.949. The number of fused-ring (bicyclic) bond motifs is 2. The SMILES string of the molecule is COc1ccc2c(c1)c(C=C1Oc3cc(OCC(=O)OCc4ccccc4)ccc3C1=O)cn2C. The van der Waals surface area contributed by atoms with Crippen molar-refractivity contribution < 1.29 is 28.5 Å². The van der Waals surface area contributed by atoms with Gasteiger partial charge in [-0.1, -0.05) is 30.3 Å². The predicted octanol–water partition coefficient (Wildman–Crippen LogP) is 4.93. The van der Waals surface area contributed by atoms with Crippen LogP contribution in [0.2, 0.25) is 0 Å². The number of methoxy groups -OCH3 is 1. The molecule has 0 radical (unpaired) electrons. The number of ketones is 1. The number of hydrogen-bond acceptors (Lipinski definition) is 6. The van der Waals surface area contributed by atoms with E-state index in [4.69, 9.17) is 18.9 Å². The Kier molecular flexibility index (Phi) is 5.97. The van der Waals surface area contributed by atoms with Crippen LogP contribution < -0.4 is 14.2 Å². The number of rotatable bonds is 7. The number of aromatic nitrogens is 1. The minimum Gasteiger partial charge on any atom is -0.497 e. The lowest BCUT2D eigenvalue weighted by Gasteiger charge is -2.08. The lowest BCUT2D eigenvalue weighted by molar-refractivity contribution is -0.147. The Balaban J connectivity index is 1.28. The maximum absolute atomic E-state index is 12.9. The van der Waals surface area contributed by atoms with Crippen LogP contribution >= 0.6 is 0 Å². The number of aryl methyl sites for hydroxylation is 1. The average Bonchev–Trinajstić information content (AvgIpc) is 3.37. The predicted molar refractivity (Wildman–Crippen MR) is 131 cm³/mol. The van der Waals surface area contributed by atoms with Gasteiger partial charge in [-0.25, -0.2) is 4.79 Å². The van der Waals surface area contributed by atoms with Gasteiger partial charge in [-0.2, -0.15) is 0 Å². The van der Waals surface area contributed by atoms with Gasteiger partial charge in [-0.3, -0.25) is 4.79 Å². The fourth-order valence-electron chi connectivity index (χ4n) is 3.96. The Morgan fingerprint density at radius 1 is 1.03 bits per heavy atom. The van der Waals surface area contributed by atoms with Crippen LogP contribution in [0.5, 0.6) is 17.2 Å². The highest BCUT2D eigenvalue weighted by Gasteiger charge is 2.28. The molecule has 0 aliphatic carbocycles. The smallest absolute Gasteiger partial charge is 0.344 e. The van der Waals surface area contributed by atoms with Gasteiger partial charge in [0.1, 0.15) is 23.9 Å². The van der Waals surface area contributed by atoms with Crippen molar-refractivity contribution in [1.29, 1.82) is 0 Å². The number of carbonyl (C=O) groups is 2. The summed E-state index contributed by atoms with van der Waals surface area (Å²) in [6.45, 7) is -0.0703. The lowest BCUT2D eigenvalue weighted by atomic mass is 10.1. The maximum Gasteiger partial charge on any atom is 0.344 e. The summed E-state index contributed by atoms with van der Waals surface area (Å²) in [5.74, 6) is 1.04. The number of esters is 1. The summed E-state index contributed by atoms with van der Waals surface area (Å²) in [6, 6.07) is 20.1. The number of ether oxygens (including phenoxy) is 4. The average molecular weight is 469 g/mol. The summed E-state index contributed by atoms with van der Waals surface area (Å²) in [4.78, 5) is 25.0. The van der Waals surface area contributed by atoms with Gasteiger partial charge in [0.25, 0.3) is 0 Å². The molecule has 0 N–H and O–H groups in total. The van der Waals surface area contributed by atoms with E-state index in [0.717, 1.165) is 27.8 Å². The third-order valence-electron chi connectivity index (χ3n) is 5.75. The van der Waals surface area contributed by atoms with E-state index < -0.39 is 5.97 Å². The van der Waals surface area contributed by atoms with Crippen molar-refractivity contribution in [2.45, 2.75) is 6.61 Å². The third-order valence-corrected chi connectivity index (χ3v) is 5.75. The van der Waals surface area contributed by atoms with Crippen LogP contribution in [-0.4, -0.2) is 30.0 Å². The van der Waals surface area contributed by atoms with E-state index in [9.17, 15) is 9.59 Å². The van der Waals surface area contributed by atoms with Gasteiger partial charge < -0.3 is 23.5 Å². The van der Waals surface area contributed by atoms with Crippen molar-refractivity contribution >= 4 is 28.7 Å². The summed E-state index contributed by atoms with van der Waals surface area (Å²) in [5.41, 5.74) is 3.19. The molecule has 7 heteroatoms. The Hall–Kier alpha value is -4.52. The van der Waals surface area contributed by atoms with E-state index >= 15 is 0 Å². The molecule has 4 aromatic rings. The molecule has 1 aliphatic rings. The molecule has 1 aliphatic heterocycles. The van der Waals surface area contributed by atoms with Gasteiger partial charge in [-0.05, 0) is 42.0 Å². The van der Waals surface area contributed by atoms with E-state index in [2.05, 4.69) is 0 Å². The van der Waals surface area contributed by atoms with Crippen LogP contribution in [0, 0.1) is 0 Å². The normalized spacial score (nSPS) is 13.5. The van der Waals surface area contributed by atoms with Crippen molar-refractivity contribution in [3.8, 4) is 17.2 Å². The minimum atomic E-state index is -0.488.